The van der Waals surface area contributed by atoms with Gasteiger partial charge in [0.15, 0.2) is 0 Å². The van der Waals surface area contributed by atoms with Gasteiger partial charge in [-0.3, -0.25) is 4.79 Å². The number of nitrogens with zero attached hydrogens (tertiary/aromatic N) is 2. The van der Waals surface area contributed by atoms with Gasteiger partial charge in [0.05, 0.1) is 17.5 Å². The average molecular weight is 399 g/mol. The van der Waals surface area contributed by atoms with Crippen LogP contribution in [0.15, 0.2) is 53.4 Å². The smallest absolute Gasteiger partial charge is 0.243 e. The Hall–Kier alpha value is -2.18. The maximum atomic E-state index is 13.2. The summed E-state index contributed by atoms with van der Waals surface area (Å²) < 4.78 is 27.7. The van der Waals surface area contributed by atoms with E-state index in [1.54, 1.807) is 12.1 Å². The number of piperazine rings is 1. The van der Waals surface area contributed by atoms with E-state index in [-0.39, 0.29) is 35.3 Å². The summed E-state index contributed by atoms with van der Waals surface area (Å²) >= 11 is 0. The molecule has 0 saturated carbocycles. The van der Waals surface area contributed by atoms with E-state index in [1.165, 1.54) is 9.87 Å². The van der Waals surface area contributed by atoms with Crippen molar-refractivity contribution in [1.29, 1.82) is 0 Å². The summed E-state index contributed by atoms with van der Waals surface area (Å²) in [6.45, 7) is 7.08. The van der Waals surface area contributed by atoms with Crippen LogP contribution in [0.5, 0.6) is 0 Å². The largest absolute Gasteiger partial charge is 0.332 e. The SMILES string of the molecule is CCc1ccc(S(=O)(=O)N2CC(=O)N3CC(C)(C)c4ccccc4C3C2)cc1. The first-order valence-electron chi connectivity index (χ1n) is 9.72. The lowest BCUT2D eigenvalue weighted by atomic mass is 9.75. The summed E-state index contributed by atoms with van der Waals surface area (Å²) in [6, 6.07) is 14.8. The van der Waals surface area contributed by atoms with Crippen molar-refractivity contribution in [3.8, 4) is 0 Å². The van der Waals surface area contributed by atoms with Gasteiger partial charge in [0.1, 0.15) is 0 Å². The number of sulfonamides is 1. The van der Waals surface area contributed by atoms with Crippen molar-refractivity contribution in [2.75, 3.05) is 19.6 Å². The molecule has 5 nitrogen and oxygen atoms in total. The monoisotopic (exact) mass is 398 g/mol. The Morgan fingerprint density at radius 1 is 1.07 bits per heavy atom. The number of aryl methyl sites for hydroxylation is 1. The van der Waals surface area contributed by atoms with Gasteiger partial charge in [-0.15, -0.1) is 0 Å². The van der Waals surface area contributed by atoms with Crippen molar-refractivity contribution in [2.45, 2.75) is 43.5 Å². The van der Waals surface area contributed by atoms with Gasteiger partial charge < -0.3 is 4.90 Å². The number of rotatable bonds is 3. The van der Waals surface area contributed by atoms with E-state index in [0.29, 0.717) is 6.54 Å². The fraction of sp³-hybridized carbons (Fsp3) is 0.409. The zero-order chi connectivity index (χ0) is 20.1. The molecule has 0 bridgehead atoms. The van der Waals surface area contributed by atoms with E-state index in [9.17, 15) is 13.2 Å². The number of hydrogen-bond acceptors (Lipinski definition) is 3. The van der Waals surface area contributed by atoms with Crippen molar-refractivity contribution in [3.63, 3.8) is 0 Å². The van der Waals surface area contributed by atoms with Gasteiger partial charge in [-0.1, -0.05) is 57.2 Å². The lowest BCUT2D eigenvalue weighted by Crippen LogP contribution is -2.58. The van der Waals surface area contributed by atoms with Gasteiger partial charge in [-0.05, 0) is 35.2 Å². The number of fused-ring (bicyclic) bond motifs is 3. The minimum atomic E-state index is -3.72. The fourth-order valence-electron chi connectivity index (χ4n) is 4.38. The highest BCUT2D eigenvalue weighted by Crippen LogP contribution is 2.42. The van der Waals surface area contributed by atoms with Crippen LogP contribution in [0.3, 0.4) is 0 Å². The van der Waals surface area contributed by atoms with Crippen molar-refractivity contribution < 1.29 is 13.2 Å². The molecular weight excluding hydrogens is 372 g/mol. The Morgan fingerprint density at radius 2 is 1.75 bits per heavy atom. The zero-order valence-corrected chi connectivity index (χ0v) is 17.4. The Labute approximate surface area is 167 Å². The van der Waals surface area contributed by atoms with Crippen LogP contribution in [-0.4, -0.2) is 43.2 Å². The predicted octanol–water partition coefficient (Wildman–Crippen LogP) is 3.11. The summed E-state index contributed by atoms with van der Waals surface area (Å²) in [4.78, 5) is 15.0. The lowest BCUT2D eigenvalue weighted by Gasteiger charge is -2.49. The number of amides is 1. The molecule has 1 saturated heterocycles. The van der Waals surface area contributed by atoms with E-state index in [2.05, 4.69) is 19.9 Å². The fourth-order valence-corrected chi connectivity index (χ4v) is 5.78. The molecule has 1 fully saturated rings. The van der Waals surface area contributed by atoms with Crippen LogP contribution in [0.25, 0.3) is 0 Å². The lowest BCUT2D eigenvalue weighted by molar-refractivity contribution is -0.139. The standard InChI is InChI=1S/C22H26N2O3S/c1-4-16-9-11-17(12-10-16)28(26,27)23-13-20-18-7-5-6-8-19(18)22(2,3)15-24(20)21(25)14-23/h5-12,20H,4,13-15H2,1-3H3. The maximum Gasteiger partial charge on any atom is 0.243 e. The Morgan fingerprint density at radius 3 is 2.43 bits per heavy atom. The quantitative estimate of drug-likeness (QED) is 0.798. The average Bonchev–Trinajstić information content (AvgIpc) is 2.68. The highest BCUT2D eigenvalue weighted by Gasteiger charge is 2.45. The second-order valence-corrected chi connectivity index (χ2v) is 10.2. The molecule has 1 atom stereocenters. The molecule has 4 rings (SSSR count). The van der Waals surface area contributed by atoms with Crippen LogP contribution in [0.2, 0.25) is 0 Å². The summed E-state index contributed by atoms with van der Waals surface area (Å²) in [5.74, 6) is -0.132. The summed E-state index contributed by atoms with van der Waals surface area (Å²) in [5, 5.41) is 0. The second kappa shape index (κ2) is 6.71. The van der Waals surface area contributed by atoms with Gasteiger partial charge in [0.2, 0.25) is 15.9 Å². The summed E-state index contributed by atoms with van der Waals surface area (Å²) in [6.07, 6.45) is 0.853. The highest BCUT2D eigenvalue weighted by atomic mass is 32.2. The molecule has 0 aliphatic carbocycles. The van der Waals surface area contributed by atoms with Crippen molar-refractivity contribution in [2.24, 2.45) is 0 Å². The Bertz CT molecular complexity index is 1010. The van der Waals surface area contributed by atoms with Gasteiger partial charge in [0, 0.05) is 18.5 Å². The summed E-state index contributed by atoms with van der Waals surface area (Å²) in [5.41, 5.74) is 3.17. The second-order valence-electron chi connectivity index (χ2n) is 8.30. The molecule has 28 heavy (non-hydrogen) atoms. The Kier molecular flexibility index (Phi) is 4.59. The van der Waals surface area contributed by atoms with Gasteiger partial charge in [0.25, 0.3) is 0 Å². The molecule has 2 heterocycles. The van der Waals surface area contributed by atoms with Crippen LogP contribution in [-0.2, 0) is 26.7 Å². The van der Waals surface area contributed by atoms with E-state index >= 15 is 0 Å². The number of benzene rings is 2. The van der Waals surface area contributed by atoms with Crippen LogP contribution in [0, 0.1) is 0 Å². The van der Waals surface area contributed by atoms with Crippen LogP contribution in [0.1, 0.15) is 43.5 Å². The van der Waals surface area contributed by atoms with Crippen LogP contribution in [0.4, 0.5) is 0 Å². The van der Waals surface area contributed by atoms with Crippen molar-refractivity contribution in [3.05, 3.63) is 65.2 Å². The molecule has 2 aromatic rings. The molecule has 0 aromatic heterocycles. The molecule has 0 N–H and O–H groups in total. The number of carbonyl (C=O) groups is 1. The molecule has 2 aliphatic rings. The third-order valence-corrected chi connectivity index (χ3v) is 7.79. The van der Waals surface area contributed by atoms with Gasteiger partial charge >= 0.3 is 0 Å². The number of carbonyl (C=O) groups excluding carboxylic acids is 1. The molecule has 2 aromatic carbocycles. The van der Waals surface area contributed by atoms with Crippen LogP contribution >= 0.6 is 0 Å². The van der Waals surface area contributed by atoms with Gasteiger partial charge in [-0.2, -0.15) is 4.31 Å². The first-order chi connectivity index (χ1) is 13.2. The molecule has 148 valence electrons. The first-order valence-corrected chi connectivity index (χ1v) is 11.2. The predicted molar refractivity (Wildman–Crippen MR) is 109 cm³/mol. The van der Waals surface area contributed by atoms with E-state index in [1.807, 2.05) is 42.2 Å². The number of hydrogen-bond donors (Lipinski definition) is 0. The molecule has 1 amide bonds. The molecule has 2 aliphatic heterocycles. The summed E-state index contributed by atoms with van der Waals surface area (Å²) in [7, 11) is -3.72. The molecule has 1 unspecified atom stereocenters. The van der Waals surface area contributed by atoms with E-state index in [4.69, 9.17) is 0 Å². The first kappa shape index (κ1) is 19.2. The van der Waals surface area contributed by atoms with E-state index in [0.717, 1.165) is 17.5 Å². The normalized spacial score (nSPS) is 21.9. The van der Waals surface area contributed by atoms with Gasteiger partial charge in [-0.25, -0.2) is 8.42 Å². The highest BCUT2D eigenvalue weighted by molar-refractivity contribution is 7.89. The Balaban J connectivity index is 1.71. The molecule has 0 radical (unpaired) electrons. The van der Waals surface area contributed by atoms with Crippen LogP contribution < -0.4 is 0 Å². The minimum absolute atomic E-state index is 0.105. The maximum absolute atomic E-state index is 13.2. The topological polar surface area (TPSA) is 57.7 Å². The zero-order valence-electron chi connectivity index (χ0n) is 16.6. The minimum Gasteiger partial charge on any atom is -0.332 e. The molecule has 0 spiro atoms. The molecule has 6 heteroatoms. The third kappa shape index (κ3) is 3.05. The van der Waals surface area contributed by atoms with Crippen molar-refractivity contribution in [1.82, 2.24) is 9.21 Å². The molecular formula is C22H26N2O3S. The third-order valence-electron chi connectivity index (χ3n) is 5.97. The van der Waals surface area contributed by atoms with E-state index < -0.39 is 10.0 Å². The van der Waals surface area contributed by atoms with Crippen molar-refractivity contribution >= 4 is 15.9 Å².